The molecule has 1 aliphatic heterocycles. The molecule has 94 valence electrons. The number of nitriles is 1. The largest absolute Gasteiger partial charge is 0.494 e. The van der Waals surface area contributed by atoms with Gasteiger partial charge in [0.1, 0.15) is 5.82 Å². The molecule has 0 aromatic heterocycles. The van der Waals surface area contributed by atoms with Gasteiger partial charge >= 0.3 is 0 Å². The second-order valence-corrected chi connectivity index (χ2v) is 3.98. The van der Waals surface area contributed by atoms with Crippen LogP contribution in [-0.4, -0.2) is 26.1 Å². The van der Waals surface area contributed by atoms with Crippen LogP contribution in [0.4, 0.5) is 8.78 Å². The van der Waals surface area contributed by atoms with Gasteiger partial charge in [-0.3, -0.25) is 4.79 Å². The molecule has 0 atom stereocenters. The van der Waals surface area contributed by atoms with Crippen LogP contribution in [0.2, 0.25) is 0 Å². The normalized spacial score (nSPS) is 16.6. The minimum Gasteiger partial charge on any atom is -0.494 e. The highest BCUT2D eigenvalue weighted by Gasteiger charge is 2.47. The van der Waals surface area contributed by atoms with Gasteiger partial charge in [-0.05, 0) is 6.07 Å². The number of Topliss-reactive ketones (excluding diaryl/α,β-unsaturated/α-hetero) is 1. The van der Waals surface area contributed by atoms with E-state index in [4.69, 9.17) is 10.00 Å². The van der Waals surface area contributed by atoms with E-state index in [1.165, 1.54) is 7.11 Å². The van der Waals surface area contributed by atoms with Crippen molar-refractivity contribution in [3.63, 3.8) is 0 Å². The van der Waals surface area contributed by atoms with Crippen molar-refractivity contribution in [3.05, 3.63) is 29.3 Å². The van der Waals surface area contributed by atoms with Gasteiger partial charge in [-0.25, -0.2) is 8.78 Å². The van der Waals surface area contributed by atoms with Gasteiger partial charge in [0.25, 0.3) is 0 Å². The van der Waals surface area contributed by atoms with Gasteiger partial charge in [-0.2, -0.15) is 5.26 Å². The maximum Gasteiger partial charge on any atom is 0.190 e. The molecule has 0 N–H and O–H groups in total. The van der Waals surface area contributed by atoms with Crippen LogP contribution >= 0.6 is 0 Å². The molecular formula is C12H9F2NO3. The summed E-state index contributed by atoms with van der Waals surface area (Å²) in [6.07, 6.45) is 0. The minimum absolute atomic E-state index is 0.102. The summed E-state index contributed by atoms with van der Waals surface area (Å²) in [6, 6.07) is 3.32. The lowest BCUT2D eigenvalue weighted by Gasteiger charge is -2.33. The zero-order chi connectivity index (χ0) is 13.3. The number of methoxy groups -OCH3 is 1. The third-order valence-corrected chi connectivity index (χ3v) is 2.83. The summed E-state index contributed by atoms with van der Waals surface area (Å²) in [5.41, 5.74) is -1.86. The van der Waals surface area contributed by atoms with E-state index in [9.17, 15) is 13.6 Å². The number of halogens is 2. The van der Waals surface area contributed by atoms with E-state index in [-0.39, 0.29) is 19.0 Å². The van der Waals surface area contributed by atoms with Crippen LogP contribution < -0.4 is 4.74 Å². The van der Waals surface area contributed by atoms with Crippen molar-refractivity contribution < 1.29 is 23.0 Å². The quantitative estimate of drug-likeness (QED) is 0.769. The van der Waals surface area contributed by atoms with Crippen LogP contribution in [0.1, 0.15) is 10.4 Å². The molecule has 6 heteroatoms. The van der Waals surface area contributed by atoms with E-state index >= 15 is 0 Å². The molecule has 1 aromatic carbocycles. The summed E-state index contributed by atoms with van der Waals surface area (Å²) in [6.45, 7) is -0.204. The summed E-state index contributed by atoms with van der Waals surface area (Å²) >= 11 is 0. The molecule has 0 bridgehead atoms. The summed E-state index contributed by atoms with van der Waals surface area (Å²) < 4.78 is 36.5. The number of rotatable bonds is 3. The van der Waals surface area contributed by atoms with E-state index in [1.807, 2.05) is 0 Å². The first-order valence-corrected chi connectivity index (χ1v) is 5.11. The van der Waals surface area contributed by atoms with E-state index in [2.05, 4.69) is 4.74 Å². The molecule has 1 aromatic rings. The Labute approximate surface area is 102 Å². The lowest BCUT2D eigenvalue weighted by Crippen LogP contribution is -2.48. The van der Waals surface area contributed by atoms with Crippen LogP contribution in [0.5, 0.6) is 5.75 Å². The second kappa shape index (κ2) is 4.35. The Bertz CT molecular complexity index is 547. The average Bonchev–Trinajstić information content (AvgIpc) is 2.30. The second-order valence-electron chi connectivity index (χ2n) is 3.98. The van der Waals surface area contributed by atoms with E-state index in [1.54, 1.807) is 6.07 Å². The molecule has 0 amide bonds. The number of carbonyl (C=O) groups is 1. The summed E-state index contributed by atoms with van der Waals surface area (Å²) in [5.74, 6) is -2.83. The standard InChI is InChI=1S/C12H9F2NO3/c1-17-10-3-8(13)7(2-9(10)14)11(16)12(4-15)5-18-6-12/h2-3H,5-6H2,1H3. The maximum absolute atomic E-state index is 13.7. The van der Waals surface area contributed by atoms with E-state index < -0.39 is 28.4 Å². The molecule has 0 unspecified atom stereocenters. The minimum atomic E-state index is -1.40. The number of carbonyl (C=O) groups excluding carboxylic acids is 1. The summed E-state index contributed by atoms with van der Waals surface area (Å²) in [7, 11) is 1.19. The smallest absolute Gasteiger partial charge is 0.190 e. The fraction of sp³-hybridized carbons (Fsp3) is 0.333. The maximum atomic E-state index is 13.7. The van der Waals surface area contributed by atoms with Gasteiger partial charge in [0.15, 0.2) is 22.8 Å². The Hall–Kier alpha value is -2.00. The van der Waals surface area contributed by atoms with Crippen molar-refractivity contribution in [2.75, 3.05) is 20.3 Å². The molecule has 1 heterocycles. The highest BCUT2D eigenvalue weighted by molar-refractivity contribution is 6.03. The van der Waals surface area contributed by atoms with Crippen molar-refractivity contribution in [2.45, 2.75) is 0 Å². The molecule has 1 saturated heterocycles. The van der Waals surface area contributed by atoms with Crippen molar-refractivity contribution in [3.8, 4) is 11.8 Å². The topological polar surface area (TPSA) is 59.3 Å². The molecule has 0 spiro atoms. The van der Waals surface area contributed by atoms with E-state index in [0.29, 0.717) is 0 Å². The SMILES string of the molecule is COc1cc(F)c(C(=O)C2(C#N)COC2)cc1F. The Morgan fingerprint density at radius 3 is 2.56 bits per heavy atom. The number of hydrogen-bond acceptors (Lipinski definition) is 4. The van der Waals surface area contributed by atoms with Gasteiger partial charge in [-0.15, -0.1) is 0 Å². The first-order chi connectivity index (χ1) is 8.54. The average molecular weight is 253 g/mol. The zero-order valence-electron chi connectivity index (χ0n) is 9.50. The van der Waals surface area contributed by atoms with Crippen LogP contribution in [-0.2, 0) is 4.74 Å². The van der Waals surface area contributed by atoms with Crippen LogP contribution in [0.3, 0.4) is 0 Å². The molecule has 0 saturated carbocycles. The van der Waals surface area contributed by atoms with Gasteiger partial charge < -0.3 is 9.47 Å². The molecule has 0 aliphatic carbocycles. The first kappa shape index (κ1) is 12.5. The predicted octanol–water partition coefficient (Wildman–Crippen LogP) is 1.70. The van der Waals surface area contributed by atoms with Crippen LogP contribution in [0, 0.1) is 28.4 Å². The fourth-order valence-electron chi connectivity index (χ4n) is 1.67. The van der Waals surface area contributed by atoms with Crippen molar-refractivity contribution >= 4 is 5.78 Å². The molecular weight excluding hydrogens is 244 g/mol. The molecule has 4 nitrogen and oxygen atoms in total. The van der Waals surface area contributed by atoms with Crippen molar-refractivity contribution in [1.29, 1.82) is 5.26 Å². The highest BCUT2D eigenvalue weighted by atomic mass is 19.1. The van der Waals surface area contributed by atoms with Crippen LogP contribution in [0.25, 0.3) is 0 Å². The zero-order valence-corrected chi connectivity index (χ0v) is 9.50. The number of hydrogen-bond donors (Lipinski definition) is 0. The molecule has 0 radical (unpaired) electrons. The monoisotopic (exact) mass is 253 g/mol. The van der Waals surface area contributed by atoms with Gasteiger partial charge in [-0.1, -0.05) is 0 Å². The highest BCUT2D eigenvalue weighted by Crippen LogP contribution is 2.33. The van der Waals surface area contributed by atoms with Crippen LogP contribution in [0.15, 0.2) is 12.1 Å². The number of benzene rings is 1. The summed E-state index contributed by atoms with van der Waals surface area (Å²) in [5, 5.41) is 8.94. The Morgan fingerprint density at radius 2 is 2.11 bits per heavy atom. The molecule has 1 fully saturated rings. The Morgan fingerprint density at radius 1 is 1.44 bits per heavy atom. The number of ketones is 1. The third-order valence-electron chi connectivity index (χ3n) is 2.83. The number of ether oxygens (including phenoxy) is 2. The molecule has 2 rings (SSSR count). The first-order valence-electron chi connectivity index (χ1n) is 5.11. The lowest BCUT2D eigenvalue weighted by molar-refractivity contribution is -0.0567. The van der Waals surface area contributed by atoms with Gasteiger partial charge in [0.2, 0.25) is 0 Å². The fourth-order valence-corrected chi connectivity index (χ4v) is 1.67. The molecule has 18 heavy (non-hydrogen) atoms. The van der Waals surface area contributed by atoms with Gasteiger partial charge in [0, 0.05) is 6.07 Å². The van der Waals surface area contributed by atoms with Crippen molar-refractivity contribution in [2.24, 2.45) is 5.41 Å². The Balaban J connectivity index is 2.43. The summed E-state index contributed by atoms with van der Waals surface area (Å²) in [4.78, 5) is 12.0. The number of nitrogens with zero attached hydrogens (tertiary/aromatic N) is 1. The Kier molecular flexibility index (Phi) is 3.01. The van der Waals surface area contributed by atoms with E-state index in [0.717, 1.165) is 12.1 Å². The molecule has 1 aliphatic rings. The van der Waals surface area contributed by atoms with Crippen molar-refractivity contribution in [1.82, 2.24) is 0 Å². The lowest BCUT2D eigenvalue weighted by atomic mass is 9.80. The third kappa shape index (κ3) is 1.73. The van der Waals surface area contributed by atoms with Gasteiger partial charge in [0.05, 0.1) is 32.0 Å². The predicted molar refractivity (Wildman–Crippen MR) is 56.1 cm³/mol.